The summed E-state index contributed by atoms with van der Waals surface area (Å²) in [5.41, 5.74) is 0.406. The van der Waals surface area contributed by atoms with Crippen molar-refractivity contribution < 1.29 is 23.5 Å². The Labute approximate surface area is 156 Å². The number of rotatable bonds is 5. The number of halogens is 1. The van der Waals surface area contributed by atoms with Gasteiger partial charge in [-0.3, -0.25) is 4.79 Å². The maximum Gasteiger partial charge on any atom is 0.322 e. The number of hydrogen-bond donors (Lipinski definition) is 1. The first-order valence-electron chi connectivity index (χ1n) is 8.56. The van der Waals surface area contributed by atoms with Crippen molar-refractivity contribution in [2.45, 2.75) is 12.8 Å². The third kappa shape index (κ3) is 4.93. The van der Waals surface area contributed by atoms with E-state index < -0.39 is 0 Å². The highest BCUT2D eigenvalue weighted by Crippen LogP contribution is 2.28. The molecule has 1 aromatic carbocycles. The Morgan fingerprint density at radius 3 is 2.81 bits per heavy atom. The van der Waals surface area contributed by atoms with Gasteiger partial charge in [0.15, 0.2) is 0 Å². The van der Waals surface area contributed by atoms with E-state index in [9.17, 15) is 14.0 Å². The number of ether oxygens (including phenoxy) is 2. The lowest BCUT2D eigenvalue weighted by Gasteiger charge is -2.18. The van der Waals surface area contributed by atoms with E-state index in [-0.39, 0.29) is 29.6 Å². The summed E-state index contributed by atoms with van der Waals surface area (Å²) >= 11 is 0. The lowest BCUT2D eigenvalue weighted by Crippen LogP contribution is -2.33. The molecule has 0 spiro atoms. The van der Waals surface area contributed by atoms with Crippen LogP contribution in [0.15, 0.2) is 42.6 Å². The molecule has 1 fully saturated rings. The molecule has 2 aromatic rings. The molecule has 1 N–H and O–H groups in total. The standard InChI is InChI=1S/C19H20FN3O4/c1-26-17(24)11-13-8-10-23(12-13)19(25)22-16-3-2-9-21-18(16)27-15-6-4-14(20)5-7-15/h2-7,9,13H,8,10-12H2,1H3,(H,22,25). The molecule has 7 nitrogen and oxygen atoms in total. The molecule has 8 heteroatoms. The van der Waals surface area contributed by atoms with E-state index in [4.69, 9.17) is 4.74 Å². The van der Waals surface area contributed by atoms with Gasteiger partial charge in [0.1, 0.15) is 17.3 Å². The number of aromatic nitrogens is 1. The van der Waals surface area contributed by atoms with Crippen molar-refractivity contribution in [3.8, 4) is 11.6 Å². The zero-order valence-corrected chi connectivity index (χ0v) is 14.9. The molecule has 3 rings (SSSR count). The van der Waals surface area contributed by atoms with Gasteiger partial charge in [0, 0.05) is 19.3 Å². The molecule has 142 valence electrons. The van der Waals surface area contributed by atoms with E-state index >= 15 is 0 Å². The SMILES string of the molecule is COC(=O)CC1CCN(C(=O)Nc2cccnc2Oc2ccc(F)cc2)C1. The number of amides is 2. The largest absolute Gasteiger partial charge is 0.469 e. The first kappa shape index (κ1) is 18.6. The third-order valence-electron chi connectivity index (χ3n) is 4.30. The fourth-order valence-electron chi connectivity index (χ4n) is 2.88. The molecule has 0 radical (unpaired) electrons. The molecule has 0 saturated carbocycles. The van der Waals surface area contributed by atoms with Gasteiger partial charge in [0.2, 0.25) is 5.88 Å². The van der Waals surface area contributed by atoms with Crippen LogP contribution in [0.5, 0.6) is 11.6 Å². The summed E-state index contributed by atoms with van der Waals surface area (Å²) < 4.78 is 23.3. The number of carbonyl (C=O) groups excluding carboxylic acids is 2. The Bertz CT molecular complexity index is 813. The fourth-order valence-corrected chi connectivity index (χ4v) is 2.88. The molecular formula is C19H20FN3O4. The molecule has 1 saturated heterocycles. The summed E-state index contributed by atoms with van der Waals surface area (Å²) in [6, 6.07) is 8.58. The van der Waals surface area contributed by atoms with E-state index in [1.165, 1.54) is 37.6 Å². The number of benzene rings is 1. The topological polar surface area (TPSA) is 80.8 Å². The zero-order chi connectivity index (χ0) is 19.2. The summed E-state index contributed by atoms with van der Waals surface area (Å²) in [6.07, 6.45) is 2.58. The van der Waals surface area contributed by atoms with Gasteiger partial charge in [-0.25, -0.2) is 14.2 Å². The molecule has 0 aliphatic carbocycles. The van der Waals surface area contributed by atoms with Crippen LogP contribution in [0.1, 0.15) is 12.8 Å². The number of methoxy groups -OCH3 is 1. The van der Waals surface area contributed by atoms with Crippen LogP contribution in [-0.4, -0.2) is 42.1 Å². The zero-order valence-electron chi connectivity index (χ0n) is 14.9. The lowest BCUT2D eigenvalue weighted by molar-refractivity contribution is -0.141. The van der Waals surface area contributed by atoms with Gasteiger partial charge in [-0.1, -0.05) is 0 Å². The van der Waals surface area contributed by atoms with Crippen LogP contribution in [0.3, 0.4) is 0 Å². The number of hydrogen-bond acceptors (Lipinski definition) is 5. The number of likely N-dealkylation sites (tertiary alicyclic amines) is 1. The number of carbonyl (C=O) groups is 2. The van der Waals surface area contributed by atoms with Gasteiger partial charge in [-0.2, -0.15) is 0 Å². The van der Waals surface area contributed by atoms with Crippen molar-refractivity contribution in [2.24, 2.45) is 5.92 Å². The third-order valence-corrected chi connectivity index (χ3v) is 4.30. The lowest BCUT2D eigenvalue weighted by atomic mass is 10.1. The molecule has 2 amide bonds. The number of anilines is 1. The predicted octanol–water partition coefficient (Wildman–Crippen LogP) is 3.43. The second-order valence-electron chi connectivity index (χ2n) is 6.22. The highest BCUT2D eigenvalue weighted by molar-refractivity contribution is 5.90. The Balaban J connectivity index is 1.63. The minimum atomic E-state index is -0.368. The van der Waals surface area contributed by atoms with Crippen molar-refractivity contribution in [3.05, 3.63) is 48.4 Å². The van der Waals surface area contributed by atoms with Gasteiger partial charge < -0.3 is 19.7 Å². The van der Waals surface area contributed by atoms with E-state index in [0.29, 0.717) is 30.9 Å². The van der Waals surface area contributed by atoms with Crippen LogP contribution in [0.25, 0.3) is 0 Å². The molecule has 0 bridgehead atoms. The normalized spacial score (nSPS) is 16.1. The van der Waals surface area contributed by atoms with Crippen LogP contribution in [0, 0.1) is 11.7 Å². The minimum absolute atomic E-state index is 0.0898. The maximum atomic E-state index is 13.0. The molecule has 1 aliphatic heterocycles. The number of nitrogens with zero attached hydrogens (tertiary/aromatic N) is 2. The second-order valence-corrected chi connectivity index (χ2v) is 6.22. The monoisotopic (exact) mass is 373 g/mol. The van der Waals surface area contributed by atoms with Crippen LogP contribution in [0.4, 0.5) is 14.9 Å². The highest BCUT2D eigenvalue weighted by Gasteiger charge is 2.28. The van der Waals surface area contributed by atoms with Gasteiger partial charge >= 0.3 is 12.0 Å². The molecule has 1 aromatic heterocycles. The van der Waals surface area contributed by atoms with Crippen molar-refractivity contribution in [1.29, 1.82) is 0 Å². The van der Waals surface area contributed by atoms with Gasteiger partial charge in [-0.05, 0) is 48.7 Å². The summed E-state index contributed by atoms with van der Waals surface area (Å²) in [6.45, 7) is 1.04. The Morgan fingerprint density at radius 2 is 2.07 bits per heavy atom. The second kappa shape index (κ2) is 8.48. The highest BCUT2D eigenvalue weighted by atomic mass is 19.1. The smallest absolute Gasteiger partial charge is 0.322 e. The van der Waals surface area contributed by atoms with Crippen LogP contribution >= 0.6 is 0 Å². The summed E-state index contributed by atoms with van der Waals surface area (Å²) in [5.74, 6) is 0.0663. The number of nitrogens with one attached hydrogen (secondary N) is 1. The number of pyridine rings is 1. The first-order chi connectivity index (χ1) is 13.0. The molecule has 27 heavy (non-hydrogen) atoms. The predicted molar refractivity (Wildman–Crippen MR) is 96.0 cm³/mol. The molecule has 1 unspecified atom stereocenters. The summed E-state index contributed by atoms with van der Waals surface area (Å²) in [4.78, 5) is 29.7. The first-order valence-corrected chi connectivity index (χ1v) is 8.56. The molecule has 1 atom stereocenters. The van der Waals surface area contributed by atoms with E-state index in [0.717, 1.165) is 6.42 Å². The molecule has 1 aliphatic rings. The van der Waals surface area contributed by atoms with Crippen LogP contribution in [0.2, 0.25) is 0 Å². The fraction of sp³-hybridized carbons (Fsp3) is 0.316. The number of esters is 1. The molecular weight excluding hydrogens is 353 g/mol. The van der Waals surface area contributed by atoms with Crippen LogP contribution < -0.4 is 10.1 Å². The van der Waals surface area contributed by atoms with Crippen molar-refractivity contribution in [3.63, 3.8) is 0 Å². The van der Waals surface area contributed by atoms with E-state index in [1.807, 2.05) is 0 Å². The average Bonchev–Trinajstić information content (AvgIpc) is 3.13. The average molecular weight is 373 g/mol. The Morgan fingerprint density at radius 1 is 1.30 bits per heavy atom. The van der Waals surface area contributed by atoms with Crippen molar-refractivity contribution in [2.75, 3.05) is 25.5 Å². The van der Waals surface area contributed by atoms with Crippen LogP contribution in [-0.2, 0) is 9.53 Å². The maximum absolute atomic E-state index is 13.0. The van der Waals surface area contributed by atoms with Crippen molar-refractivity contribution >= 4 is 17.7 Å². The van der Waals surface area contributed by atoms with Gasteiger partial charge in [0.25, 0.3) is 0 Å². The van der Waals surface area contributed by atoms with Gasteiger partial charge in [-0.15, -0.1) is 0 Å². The molecule has 2 heterocycles. The van der Waals surface area contributed by atoms with E-state index in [1.54, 1.807) is 17.0 Å². The minimum Gasteiger partial charge on any atom is -0.469 e. The van der Waals surface area contributed by atoms with Gasteiger partial charge in [0.05, 0.1) is 13.5 Å². The quantitative estimate of drug-likeness (QED) is 0.812. The summed E-state index contributed by atoms with van der Waals surface area (Å²) in [7, 11) is 1.35. The van der Waals surface area contributed by atoms with Crippen molar-refractivity contribution in [1.82, 2.24) is 9.88 Å². The Hall–Kier alpha value is -3.16. The Kier molecular flexibility index (Phi) is 5.85. The summed E-state index contributed by atoms with van der Waals surface area (Å²) in [5, 5.41) is 2.78. The number of urea groups is 1. The van der Waals surface area contributed by atoms with E-state index in [2.05, 4.69) is 15.0 Å².